The van der Waals surface area contributed by atoms with Crippen molar-refractivity contribution in [3.05, 3.63) is 46.4 Å². The number of carbonyl (C=O) groups is 1. The van der Waals surface area contributed by atoms with Gasteiger partial charge >= 0.3 is 6.03 Å². The topological polar surface area (TPSA) is 70.6 Å². The molecule has 0 saturated heterocycles. The molecule has 0 saturated carbocycles. The summed E-state index contributed by atoms with van der Waals surface area (Å²) in [5, 5.41) is 18.3. The summed E-state index contributed by atoms with van der Waals surface area (Å²) in [7, 11) is 1.45. The summed E-state index contributed by atoms with van der Waals surface area (Å²) < 4.78 is 18.5. The van der Waals surface area contributed by atoms with E-state index < -0.39 is 18.0 Å². The number of ether oxygens (including phenoxy) is 1. The second kappa shape index (κ2) is 7.05. The molecule has 5 nitrogen and oxygen atoms in total. The predicted molar refractivity (Wildman–Crippen MR) is 79.3 cm³/mol. The van der Waals surface area contributed by atoms with Crippen LogP contribution in [0.3, 0.4) is 0 Å². The van der Waals surface area contributed by atoms with Gasteiger partial charge in [0.15, 0.2) is 0 Å². The maximum absolute atomic E-state index is 13.5. The smallest absolute Gasteiger partial charge is 0.319 e. The van der Waals surface area contributed by atoms with Crippen LogP contribution >= 0.6 is 11.3 Å². The van der Waals surface area contributed by atoms with Crippen molar-refractivity contribution in [3.63, 3.8) is 0 Å². The van der Waals surface area contributed by atoms with Crippen LogP contribution in [0.5, 0.6) is 5.75 Å². The number of rotatable bonds is 5. The van der Waals surface area contributed by atoms with Crippen molar-refractivity contribution in [3.8, 4) is 5.75 Å². The van der Waals surface area contributed by atoms with E-state index >= 15 is 0 Å². The Morgan fingerprint density at radius 2 is 2.29 bits per heavy atom. The monoisotopic (exact) mass is 310 g/mol. The molecule has 0 fully saturated rings. The van der Waals surface area contributed by atoms with Crippen LogP contribution in [-0.4, -0.2) is 24.8 Å². The van der Waals surface area contributed by atoms with Crippen molar-refractivity contribution in [2.45, 2.75) is 6.10 Å². The van der Waals surface area contributed by atoms with Gasteiger partial charge in [0.05, 0.1) is 18.9 Å². The number of aliphatic hydroxyl groups excluding tert-OH is 1. The molecule has 0 bridgehead atoms. The highest BCUT2D eigenvalue weighted by Crippen LogP contribution is 2.21. The normalized spacial score (nSPS) is 11.8. The zero-order valence-corrected chi connectivity index (χ0v) is 12.1. The molecule has 1 aromatic heterocycles. The van der Waals surface area contributed by atoms with Gasteiger partial charge in [-0.3, -0.25) is 0 Å². The third-order valence-electron chi connectivity index (χ3n) is 2.81. The summed E-state index contributed by atoms with van der Waals surface area (Å²) in [6.45, 7) is 0.0359. The first kappa shape index (κ1) is 15.3. The van der Waals surface area contributed by atoms with E-state index in [0.29, 0.717) is 5.75 Å². The highest BCUT2D eigenvalue weighted by atomic mass is 32.1. The van der Waals surface area contributed by atoms with E-state index in [1.807, 2.05) is 5.38 Å². The van der Waals surface area contributed by atoms with Gasteiger partial charge in [-0.2, -0.15) is 11.3 Å². The minimum Gasteiger partial charge on any atom is -0.497 e. The van der Waals surface area contributed by atoms with E-state index in [2.05, 4.69) is 10.6 Å². The van der Waals surface area contributed by atoms with Gasteiger partial charge in [-0.05, 0) is 34.5 Å². The summed E-state index contributed by atoms with van der Waals surface area (Å²) in [6.07, 6.45) is -0.794. The Kier molecular flexibility index (Phi) is 5.13. The lowest BCUT2D eigenvalue weighted by Crippen LogP contribution is -2.32. The second-order valence-electron chi connectivity index (χ2n) is 4.25. The molecule has 3 N–H and O–H groups in total. The number of thiophene rings is 1. The molecule has 0 radical (unpaired) electrons. The fraction of sp³-hybridized carbons (Fsp3) is 0.214. The number of benzene rings is 1. The van der Waals surface area contributed by atoms with Crippen LogP contribution in [0.1, 0.15) is 11.7 Å². The maximum atomic E-state index is 13.5. The minimum atomic E-state index is -0.794. The summed E-state index contributed by atoms with van der Waals surface area (Å²) in [5.41, 5.74) is 0.740. The fourth-order valence-corrected chi connectivity index (χ4v) is 2.37. The number of anilines is 1. The van der Waals surface area contributed by atoms with Gasteiger partial charge in [0.1, 0.15) is 11.6 Å². The van der Waals surface area contributed by atoms with Crippen LogP contribution in [0.4, 0.5) is 14.9 Å². The van der Waals surface area contributed by atoms with Gasteiger partial charge < -0.3 is 20.5 Å². The molecule has 21 heavy (non-hydrogen) atoms. The molecule has 1 unspecified atom stereocenters. The number of aliphatic hydroxyl groups is 1. The van der Waals surface area contributed by atoms with Gasteiger partial charge in [-0.15, -0.1) is 0 Å². The number of urea groups is 1. The van der Waals surface area contributed by atoms with Crippen molar-refractivity contribution >= 4 is 23.1 Å². The van der Waals surface area contributed by atoms with E-state index in [4.69, 9.17) is 4.74 Å². The standard InChI is InChI=1S/C14H15FN2O3S/c1-20-10-2-3-11(15)12(6-10)17-14(19)16-7-13(18)9-4-5-21-8-9/h2-6,8,13,18H,7H2,1H3,(H2,16,17,19). The Hall–Kier alpha value is -2.12. The molecule has 0 aliphatic heterocycles. The van der Waals surface area contributed by atoms with Crippen molar-refractivity contribution in [2.75, 3.05) is 19.0 Å². The van der Waals surface area contributed by atoms with Crippen LogP contribution in [0.2, 0.25) is 0 Å². The summed E-state index contributed by atoms with van der Waals surface area (Å²) in [6, 6.07) is 5.21. The average Bonchev–Trinajstić information content (AvgIpc) is 3.01. The van der Waals surface area contributed by atoms with Crippen LogP contribution < -0.4 is 15.4 Å². The quantitative estimate of drug-likeness (QED) is 0.795. The minimum absolute atomic E-state index is 0.0110. The molecule has 0 aliphatic carbocycles. The van der Waals surface area contributed by atoms with Crippen LogP contribution in [-0.2, 0) is 0 Å². The SMILES string of the molecule is COc1ccc(F)c(NC(=O)NCC(O)c2ccsc2)c1. The largest absolute Gasteiger partial charge is 0.497 e. The Morgan fingerprint density at radius 1 is 1.48 bits per heavy atom. The van der Waals surface area contributed by atoms with Gasteiger partial charge in [0, 0.05) is 12.6 Å². The molecule has 2 aromatic rings. The van der Waals surface area contributed by atoms with Gasteiger partial charge in [0.25, 0.3) is 0 Å². The zero-order valence-electron chi connectivity index (χ0n) is 11.3. The number of carbonyl (C=O) groups excluding carboxylic acids is 1. The number of methoxy groups -OCH3 is 1. The van der Waals surface area contributed by atoms with Crippen LogP contribution in [0.15, 0.2) is 35.0 Å². The summed E-state index contributed by atoms with van der Waals surface area (Å²) in [5.74, 6) is -0.130. The predicted octanol–water partition coefficient (Wildman–Crippen LogP) is 2.75. The van der Waals surface area contributed by atoms with Crippen LogP contribution in [0, 0.1) is 5.82 Å². The molecule has 7 heteroatoms. The lowest BCUT2D eigenvalue weighted by molar-refractivity contribution is 0.175. The van der Waals surface area contributed by atoms with Crippen molar-refractivity contribution in [2.24, 2.45) is 0 Å². The van der Waals surface area contributed by atoms with Crippen molar-refractivity contribution in [1.29, 1.82) is 0 Å². The van der Waals surface area contributed by atoms with E-state index in [0.717, 1.165) is 5.56 Å². The molecule has 2 amide bonds. The lowest BCUT2D eigenvalue weighted by Gasteiger charge is -2.12. The molecule has 0 spiro atoms. The van der Waals surface area contributed by atoms with E-state index in [9.17, 15) is 14.3 Å². The highest BCUT2D eigenvalue weighted by molar-refractivity contribution is 7.07. The number of nitrogens with one attached hydrogen (secondary N) is 2. The first-order valence-corrected chi connectivity index (χ1v) is 7.13. The van der Waals surface area contributed by atoms with Crippen molar-refractivity contribution in [1.82, 2.24) is 5.32 Å². The fourth-order valence-electron chi connectivity index (χ4n) is 1.67. The Morgan fingerprint density at radius 3 is 2.95 bits per heavy atom. The average molecular weight is 310 g/mol. The zero-order chi connectivity index (χ0) is 15.2. The second-order valence-corrected chi connectivity index (χ2v) is 5.03. The number of hydrogen-bond acceptors (Lipinski definition) is 4. The van der Waals surface area contributed by atoms with E-state index in [-0.39, 0.29) is 12.2 Å². The lowest BCUT2D eigenvalue weighted by atomic mass is 10.2. The Balaban J connectivity index is 1.90. The van der Waals surface area contributed by atoms with Crippen LogP contribution in [0.25, 0.3) is 0 Å². The Bertz CT molecular complexity index is 604. The number of amides is 2. The maximum Gasteiger partial charge on any atom is 0.319 e. The first-order valence-electron chi connectivity index (χ1n) is 6.18. The Labute approximate surface area is 125 Å². The molecule has 1 aromatic carbocycles. The van der Waals surface area contributed by atoms with E-state index in [1.165, 1.54) is 36.6 Å². The van der Waals surface area contributed by atoms with Gasteiger partial charge in [-0.1, -0.05) is 0 Å². The molecule has 1 atom stereocenters. The third kappa shape index (κ3) is 4.17. The molecule has 112 valence electrons. The third-order valence-corrected chi connectivity index (χ3v) is 3.51. The molecule has 1 heterocycles. The summed E-state index contributed by atoms with van der Waals surface area (Å²) >= 11 is 1.46. The number of hydrogen-bond donors (Lipinski definition) is 3. The molecular formula is C14H15FN2O3S. The van der Waals surface area contributed by atoms with Crippen molar-refractivity contribution < 1.29 is 19.0 Å². The molecule has 2 rings (SSSR count). The van der Waals surface area contributed by atoms with E-state index in [1.54, 1.807) is 11.4 Å². The first-order chi connectivity index (χ1) is 10.1. The van der Waals surface area contributed by atoms with Gasteiger partial charge in [0.2, 0.25) is 0 Å². The van der Waals surface area contributed by atoms with Gasteiger partial charge in [-0.25, -0.2) is 9.18 Å². The molecule has 0 aliphatic rings. The highest BCUT2D eigenvalue weighted by Gasteiger charge is 2.11. The number of halogens is 1. The summed E-state index contributed by atoms with van der Waals surface area (Å²) in [4.78, 5) is 11.7. The molecular weight excluding hydrogens is 295 g/mol.